The fourth-order valence-electron chi connectivity index (χ4n) is 2.66. The molecule has 1 saturated carbocycles. The van der Waals surface area contributed by atoms with Crippen LogP contribution < -0.4 is 0 Å². The van der Waals surface area contributed by atoms with E-state index >= 15 is 0 Å². The van der Waals surface area contributed by atoms with Gasteiger partial charge >= 0.3 is 0 Å². The highest BCUT2D eigenvalue weighted by Crippen LogP contribution is 2.34. The van der Waals surface area contributed by atoms with E-state index < -0.39 is 0 Å². The van der Waals surface area contributed by atoms with Gasteiger partial charge in [0.2, 0.25) is 0 Å². The summed E-state index contributed by atoms with van der Waals surface area (Å²) in [6, 6.07) is 1.97. The third-order valence-corrected chi connectivity index (χ3v) is 4.26. The van der Waals surface area contributed by atoms with E-state index in [1.54, 1.807) is 11.3 Å². The average Bonchev–Trinajstić information content (AvgIpc) is 2.81. The van der Waals surface area contributed by atoms with Gasteiger partial charge in [-0.05, 0) is 30.2 Å². The second kappa shape index (κ2) is 4.93. The van der Waals surface area contributed by atoms with Gasteiger partial charge in [-0.2, -0.15) is 11.3 Å². The molecule has 0 bridgehead atoms. The quantitative estimate of drug-likeness (QED) is 0.702. The molecule has 0 radical (unpaired) electrons. The normalized spacial score (nSPS) is 26.5. The zero-order chi connectivity index (χ0) is 10.7. The summed E-state index contributed by atoms with van der Waals surface area (Å²) >= 11 is 1.62. The minimum atomic E-state index is 0.304. The molecular formula is C13H18OS. The molecule has 1 nitrogen and oxygen atoms in total. The van der Waals surface area contributed by atoms with E-state index in [0.717, 1.165) is 18.4 Å². The monoisotopic (exact) mass is 222 g/mol. The zero-order valence-corrected chi connectivity index (χ0v) is 10.1. The maximum absolute atomic E-state index is 12.2. The molecule has 0 saturated heterocycles. The van der Waals surface area contributed by atoms with Gasteiger partial charge in [0.25, 0.3) is 0 Å². The molecule has 1 aliphatic carbocycles. The highest BCUT2D eigenvalue weighted by Gasteiger charge is 2.30. The molecule has 0 aliphatic heterocycles. The van der Waals surface area contributed by atoms with Gasteiger partial charge in [-0.15, -0.1) is 0 Å². The SMILES string of the molecule is CCC1CCCCC1C(=O)c1ccsc1. The lowest BCUT2D eigenvalue weighted by molar-refractivity contribution is 0.0821. The fourth-order valence-corrected chi connectivity index (χ4v) is 3.31. The highest BCUT2D eigenvalue weighted by atomic mass is 32.1. The molecule has 0 amide bonds. The molecule has 2 heteroatoms. The number of Topliss-reactive ketones (excluding diaryl/α,β-unsaturated/α-hetero) is 1. The van der Waals surface area contributed by atoms with Gasteiger partial charge in [0.15, 0.2) is 5.78 Å². The molecule has 15 heavy (non-hydrogen) atoms. The van der Waals surface area contributed by atoms with Crippen LogP contribution >= 0.6 is 11.3 Å². The van der Waals surface area contributed by atoms with E-state index in [1.165, 1.54) is 19.3 Å². The van der Waals surface area contributed by atoms with Crippen molar-refractivity contribution in [1.29, 1.82) is 0 Å². The molecule has 1 fully saturated rings. The Morgan fingerprint density at radius 3 is 2.93 bits per heavy atom. The van der Waals surface area contributed by atoms with Crippen molar-refractivity contribution < 1.29 is 4.79 Å². The lowest BCUT2D eigenvalue weighted by atomic mass is 9.74. The Bertz CT molecular complexity index is 315. The number of carbonyl (C=O) groups is 1. The van der Waals surface area contributed by atoms with E-state index in [4.69, 9.17) is 0 Å². The van der Waals surface area contributed by atoms with Gasteiger partial charge in [0.1, 0.15) is 0 Å². The fraction of sp³-hybridized carbons (Fsp3) is 0.615. The van der Waals surface area contributed by atoms with E-state index in [1.807, 2.05) is 16.8 Å². The number of thiophene rings is 1. The van der Waals surface area contributed by atoms with Crippen LogP contribution in [0.1, 0.15) is 49.4 Å². The van der Waals surface area contributed by atoms with Gasteiger partial charge < -0.3 is 0 Å². The molecular weight excluding hydrogens is 204 g/mol. The van der Waals surface area contributed by atoms with Gasteiger partial charge in [0.05, 0.1) is 0 Å². The first-order chi connectivity index (χ1) is 7.33. The lowest BCUT2D eigenvalue weighted by Crippen LogP contribution is -2.26. The second-order valence-electron chi connectivity index (χ2n) is 4.44. The maximum atomic E-state index is 12.2. The van der Waals surface area contributed by atoms with Crippen molar-refractivity contribution in [2.45, 2.75) is 39.0 Å². The highest BCUT2D eigenvalue weighted by molar-refractivity contribution is 7.08. The molecule has 2 unspecified atom stereocenters. The summed E-state index contributed by atoms with van der Waals surface area (Å²) in [4.78, 5) is 12.2. The standard InChI is InChI=1S/C13H18OS/c1-2-10-5-3-4-6-12(10)13(14)11-7-8-15-9-11/h7-10,12H,2-6H2,1H3. The van der Waals surface area contributed by atoms with Gasteiger partial charge in [0, 0.05) is 16.9 Å². The molecule has 0 aromatic carbocycles. The molecule has 0 N–H and O–H groups in total. The number of rotatable bonds is 3. The number of hydrogen-bond acceptors (Lipinski definition) is 2. The zero-order valence-electron chi connectivity index (χ0n) is 9.24. The predicted octanol–water partition coefficient (Wildman–Crippen LogP) is 4.15. The third-order valence-electron chi connectivity index (χ3n) is 3.58. The van der Waals surface area contributed by atoms with Crippen molar-refractivity contribution in [3.8, 4) is 0 Å². The van der Waals surface area contributed by atoms with Crippen LogP contribution in [0.2, 0.25) is 0 Å². The Morgan fingerprint density at radius 2 is 2.27 bits per heavy atom. The minimum Gasteiger partial charge on any atom is -0.294 e. The first-order valence-electron chi connectivity index (χ1n) is 5.89. The van der Waals surface area contributed by atoms with E-state index in [0.29, 0.717) is 17.6 Å². The van der Waals surface area contributed by atoms with Crippen LogP contribution in [0.4, 0.5) is 0 Å². The van der Waals surface area contributed by atoms with Crippen LogP contribution in [0, 0.1) is 11.8 Å². The number of ketones is 1. The molecule has 1 aliphatic rings. The lowest BCUT2D eigenvalue weighted by Gasteiger charge is -2.29. The summed E-state index contributed by atoms with van der Waals surface area (Å²) in [6.07, 6.45) is 6.05. The molecule has 1 aromatic rings. The van der Waals surface area contributed by atoms with E-state index in [-0.39, 0.29) is 0 Å². The summed E-state index contributed by atoms with van der Waals surface area (Å²) in [5.74, 6) is 1.33. The minimum absolute atomic E-state index is 0.304. The number of hydrogen-bond donors (Lipinski definition) is 0. The van der Waals surface area contributed by atoms with Gasteiger partial charge in [-0.3, -0.25) is 4.79 Å². The van der Waals surface area contributed by atoms with Crippen LogP contribution in [-0.4, -0.2) is 5.78 Å². The molecule has 1 aromatic heterocycles. The topological polar surface area (TPSA) is 17.1 Å². The van der Waals surface area contributed by atoms with Crippen molar-refractivity contribution in [1.82, 2.24) is 0 Å². The summed E-state index contributed by atoms with van der Waals surface area (Å²) < 4.78 is 0. The first-order valence-corrected chi connectivity index (χ1v) is 6.83. The van der Waals surface area contributed by atoms with E-state index in [9.17, 15) is 4.79 Å². The van der Waals surface area contributed by atoms with Gasteiger partial charge in [-0.1, -0.05) is 26.2 Å². The molecule has 1 heterocycles. The van der Waals surface area contributed by atoms with Crippen LogP contribution in [0.5, 0.6) is 0 Å². The Morgan fingerprint density at radius 1 is 1.47 bits per heavy atom. The summed E-state index contributed by atoms with van der Waals surface area (Å²) in [5, 5.41) is 3.99. The largest absolute Gasteiger partial charge is 0.294 e. The maximum Gasteiger partial charge on any atom is 0.167 e. The summed E-state index contributed by atoms with van der Waals surface area (Å²) in [7, 11) is 0. The Labute approximate surface area is 95.5 Å². The smallest absolute Gasteiger partial charge is 0.167 e. The van der Waals surface area contributed by atoms with Crippen molar-refractivity contribution in [3.05, 3.63) is 22.4 Å². The third kappa shape index (κ3) is 2.31. The molecule has 2 rings (SSSR count). The van der Waals surface area contributed by atoms with Gasteiger partial charge in [-0.25, -0.2) is 0 Å². The second-order valence-corrected chi connectivity index (χ2v) is 5.22. The van der Waals surface area contributed by atoms with Crippen molar-refractivity contribution in [2.75, 3.05) is 0 Å². The Balaban J connectivity index is 2.11. The molecule has 0 spiro atoms. The first kappa shape index (κ1) is 10.9. The molecule has 2 atom stereocenters. The van der Waals surface area contributed by atoms with Crippen LogP contribution in [0.15, 0.2) is 16.8 Å². The van der Waals surface area contributed by atoms with Crippen molar-refractivity contribution >= 4 is 17.1 Å². The average molecular weight is 222 g/mol. The van der Waals surface area contributed by atoms with Crippen LogP contribution in [0.3, 0.4) is 0 Å². The Hall–Kier alpha value is -0.630. The van der Waals surface area contributed by atoms with Crippen molar-refractivity contribution in [3.63, 3.8) is 0 Å². The van der Waals surface area contributed by atoms with Crippen molar-refractivity contribution in [2.24, 2.45) is 11.8 Å². The summed E-state index contributed by atoms with van der Waals surface area (Å²) in [6.45, 7) is 2.21. The van der Waals surface area contributed by atoms with Crippen LogP contribution in [0.25, 0.3) is 0 Å². The van der Waals surface area contributed by atoms with Crippen LogP contribution in [-0.2, 0) is 0 Å². The molecule has 82 valence electrons. The number of carbonyl (C=O) groups excluding carboxylic acids is 1. The predicted molar refractivity (Wildman–Crippen MR) is 64.4 cm³/mol. The Kier molecular flexibility index (Phi) is 3.57. The summed E-state index contributed by atoms with van der Waals surface area (Å²) in [5.41, 5.74) is 0.936. The van der Waals surface area contributed by atoms with E-state index in [2.05, 4.69) is 6.92 Å².